The van der Waals surface area contributed by atoms with Crippen LogP contribution in [-0.2, 0) is 0 Å². The number of rotatable bonds is 3. The van der Waals surface area contributed by atoms with Crippen LogP contribution in [0.2, 0.25) is 0 Å². The van der Waals surface area contributed by atoms with Gasteiger partial charge in [0.1, 0.15) is 17.2 Å². The van der Waals surface area contributed by atoms with Gasteiger partial charge in [-0.15, -0.1) is 0 Å². The second-order valence-electron chi connectivity index (χ2n) is 4.94. The van der Waals surface area contributed by atoms with Gasteiger partial charge in [-0.25, -0.2) is 0 Å². The summed E-state index contributed by atoms with van der Waals surface area (Å²) < 4.78 is 11.5. The molecule has 3 nitrogen and oxygen atoms in total. The van der Waals surface area contributed by atoms with Gasteiger partial charge in [0.25, 0.3) is 0 Å². The molecule has 3 rings (SSSR count). The SMILES string of the molecule is COc1ccc(Oc2ccc(N)cc2C)c2ccccc12. The van der Waals surface area contributed by atoms with E-state index in [9.17, 15) is 0 Å². The summed E-state index contributed by atoms with van der Waals surface area (Å²) in [4.78, 5) is 0. The van der Waals surface area contributed by atoms with Crippen molar-refractivity contribution >= 4 is 16.5 Å². The summed E-state index contributed by atoms with van der Waals surface area (Å²) in [6.07, 6.45) is 0. The third-order valence-corrected chi connectivity index (χ3v) is 3.48. The lowest BCUT2D eigenvalue weighted by Crippen LogP contribution is -1.92. The molecule has 0 aliphatic carbocycles. The van der Waals surface area contributed by atoms with Crippen LogP contribution in [0.25, 0.3) is 10.8 Å². The Labute approximate surface area is 123 Å². The molecule has 21 heavy (non-hydrogen) atoms. The Hall–Kier alpha value is -2.68. The van der Waals surface area contributed by atoms with Gasteiger partial charge in [-0.3, -0.25) is 0 Å². The van der Waals surface area contributed by atoms with Crippen molar-refractivity contribution in [3.05, 3.63) is 60.2 Å². The van der Waals surface area contributed by atoms with Crippen LogP contribution in [0.1, 0.15) is 5.56 Å². The van der Waals surface area contributed by atoms with Crippen molar-refractivity contribution in [2.45, 2.75) is 6.92 Å². The van der Waals surface area contributed by atoms with Crippen LogP contribution < -0.4 is 15.2 Å². The van der Waals surface area contributed by atoms with Gasteiger partial charge in [-0.05, 0) is 42.8 Å². The van der Waals surface area contributed by atoms with Crippen LogP contribution in [0.4, 0.5) is 5.69 Å². The predicted molar refractivity (Wildman–Crippen MR) is 86.2 cm³/mol. The zero-order chi connectivity index (χ0) is 14.8. The molecule has 0 radical (unpaired) electrons. The molecule has 0 fully saturated rings. The van der Waals surface area contributed by atoms with E-state index < -0.39 is 0 Å². The van der Waals surface area contributed by atoms with Gasteiger partial charge in [0, 0.05) is 16.5 Å². The molecular formula is C18H17NO2. The summed E-state index contributed by atoms with van der Waals surface area (Å²) in [6, 6.07) is 17.5. The molecule has 0 unspecified atom stereocenters. The molecule has 0 heterocycles. The van der Waals surface area contributed by atoms with E-state index in [-0.39, 0.29) is 0 Å². The summed E-state index contributed by atoms with van der Waals surface area (Å²) in [5.41, 5.74) is 7.52. The summed E-state index contributed by atoms with van der Waals surface area (Å²) in [6.45, 7) is 1.98. The zero-order valence-electron chi connectivity index (χ0n) is 12.1. The van der Waals surface area contributed by atoms with Crippen molar-refractivity contribution in [1.82, 2.24) is 0 Å². The van der Waals surface area contributed by atoms with Crippen LogP contribution in [0, 0.1) is 6.92 Å². The Morgan fingerprint density at radius 1 is 0.810 bits per heavy atom. The highest BCUT2D eigenvalue weighted by atomic mass is 16.5. The monoisotopic (exact) mass is 279 g/mol. The van der Waals surface area contributed by atoms with Crippen molar-refractivity contribution in [2.24, 2.45) is 0 Å². The summed E-state index contributed by atoms with van der Waals surface area (Å²) in [5, 5.41) is 2.05. The molecule has 2 N–H and O–H groups in total. The third kappa shape index (κ3) is 2.50. The first-order valence-corrected chi connectivity index (χ1v) is 6.79. The van der Waals surface area contributed by atoms with Gasteiger partial charge >= 0.3 is 0 Å². The van der Waals surface area contributed by atoms with E-state index in [0.29, 0.717) is 0 Å². The number of anilines is 1. The normalized spacial score (nSPS) is 10.6. The number of hydrogen-bond acceptors (Lipinski definition) is 3. The lowest BCUT2D eigenvalue weighted by Gasteiger charge is -2.13. The van der Waals surface area contributed by atoms with Crippen LogP contribution >= 0.6 is 0 Å². The zero-order valence-corrected chi connectivity index (χ0v) is 12.1. The first-order valence-electron chi connectivity index (χ1n) is 6.79. The maximum atomic E-state index is 6.07. The minimum Gasteiger partial charge on any atom is -0.496 e. The molecule has 3 aromatic rings. The minimum atomic E-state index is 0.736. The molecule has 0 bridgehead atoms. The minimum absolute atomic E-state index is 0.736. The number of methoxy groups -OCH3 is 1. The number of nitrogen functional groups attached to an aromatic ring is 1. The first-order chi connectivity index (χ1) is 10.2. The number of fused-ring (bicyclic) bond motifs is 1. The van der Waals surface area contributed by atoms with Gasteiger partial charge < -0.3 is 15.2 Å². The van der Waals surface area contributed by atoms with Crippen LogP contribution in [0.3, 0.4) is 0 Å². The Bertz CT molecular complexity index is 796. The Morgan fingerprint density at radius 2 is 1.43 bits per heavy atom. The highest BCUT2D eigenvalue weighted by molar-refractivity contribution is 5.93. The molecule has 0 aliphatic heterocycles. The van der Waals surface area contributed by atoms with Crippen molar-refractivity contribution in [3.63, 3.8) is 0 Å². The van der Waals surface area contributed by atoms with E-state index in [0.717, 1.165) is 39.3 Å². The summed E-state index contributed by atoms with van der Waals surface area (Å²) in [5.74, 6) is 2.45. The lowest BCUT2D eigenvalue weighted by molar-refractivity contribution is 0.418. The highest BCUT2D eigenvalue weighted by Crippen LogP contribution is 2.36. The molecule has 0 saturated heterocycles. The smallest absolute Gasteiger partial charge is 0.135 e. The average Bonchev–Trinajstić information content (AvgIpc) is 2.50. The number of benzene rings is 3. The largest absolute Gasteiger partial charge is 0.496 e. The number of hydrogen-bond donors (Lipinski definition) is 1. The fourth-order valence-corrected chi connectivity index (χ4v) is 2.42. The molecule has 0 spiro atoms. The molecule has 0 aliphatic rings. The maximum absolute atomic E-state index is 6.07. The summed E-state index contributed by atoms with van der Waals surface area (Å²) in [7, 11) is 1.67. The number of nitrogens with two attached hydrogens (primary N) is 1. The molecule has 3 heteroatoms. The van der Waals surface area contributed by atoms with Crippen LogP contribution in [-0.4, -0.2) is 7.11 Å². The molecule has 0 aromatic heterocycles. The fourth-order valence-electron chi connectivity index (χ4n) is 2.42. The second-order valence-corrected chi connectivity index (χ2v) is 4.94. The van der Waals surface area contributed by atoms with E-state index >= 15 is 0 Å². The van der Waals surface area contributed by atoms with E-state index in [1.807, 2.05) is 61.5 Å². The molecule has 106 valence electrons. The Balaban J connectivity index is 2.09. The Morgan fingerprint density at radius 3 is 2.10 bits per heavy atom. The fraction of sp³-hybridized carbons (Fsp3) is 0.111. The molecule has 0 atom stereocenters. The highest BCUT2D eigenvalue weighted by Gasteiger charge is 2.09. The lowest BCUT2D eigenvalue weighted by atomic mass is 10.1. The van der Waals surface area contributed by atoms with Gasteiger partial charge in [0.15, 0.2) is 0 Å². The molecule has 0 amide bonds. The van der Waals surface area contributed by atoms with Crippen LogP contribution in [0.15, 0.2) is 54.6 Å². The number of ether oxygens (including phenoxy) is 2. The predicted octanol–water partition coefficient (Wildman–Crippen LogP) is 4.53. The van der Waals surface area contributed by atoms with Gasteiger partial charge in [0.2, 0.25) is 0 Å². The van der Waals surface area contributed by atoms with Crippen LogP contribution in [0.5, 0.6) is 17.2 Å². The van der Waals surface area contributed by atoms with Crippen molar-refractivity contribution < 1.29 is 9.47 Å². The van der Waals surface area contributed by atoms with Gasteiger partial charge in [-0.2, -0.15) is 0 Å². The van der Waals surface area contributed by atoms with Crippen molar-refractivity contribution in [2.75, 3.05) is 12.8 Å². The van der Waals surface area contributed by atoms with E-state index in [4.69, 9.17) is 15.2 Å². The van der Waals surface area contributed by atoms with Gasteiger partial charge in [-0.1, -0.05) is 24.3 Å². The molecule has 0 saturated carbocycles. The van der Waals surface area contributed by atoms with E-state index in [1.54, 1.807) is 7.11 Å². The maximum Gasteiger partial charge on any atom is 0.135 e. The molecule has 3 aromatic carbocycles. The topological polar surface area (TPSA) is 44.5 Å². The third-order valence-electron chi connectivity index (χ3n) is 3.48. The van der Waals surface area contributed by atoms with E-state index in [2.05, 4.69) is 0 Å². The first kappa shape index (κ1) is 13.3. The van der Waals surface area contributed by atoms with Crippen molar-refractivity contribution in [1.29, 1.82) is 0 Å². The number of aryl methyl sites for hydroxylation is 1. The van der Waals surface area contributed by atoms with E-state index in [1.165, 1.54) is 0 Å². The quantitative estimate of drug-likeness (QED) is 0.716. The average molecular weight is 279 g/mol. The van der Waals surface area contributed by atoms with Gasteiger partial charge in [0.05, 0.1) is 7.11 Å². The standard InChI is InChI=1S/C18H17NO2/c1-12-11-13(19)7-8-16(12)21-18-10-9-17(20-2)14-5-3-4-6-15(14)18/h3-11H,19H2,1-2H3. The summed E-state index contributed by atoms with van der Waals surface area (Å²) >= 11 is 0. The van der Waals surface area contributed by atoms with Crippen molar-refractivity contribution in [3.8, 4) is 17.2 Å². The molecular weight excluding hydrogens is 262 g/mol. The Kier molecular flexibility index (Phi) is 3.40. The second kappa shape index (κ2) is 5.37.